The van der Waals surface area contributed by atoms with Crippen LogP contribution in [-0.2, 0) is 6.61 Å². The molecule has 0 atom stereocenters. The summed E-state index contributed by atoms with van der Waals surface area (Å²) in [5, 5.41) is 0. The predicted octanol–water partition coefficient (Wildman–Crippen LogP) is 2.56. The van der Waals surface area contributed by atoms with Gasteiger partial charge in [-0.25, -0.2) is 9.97 Å². The Hall–Kier alpha value is -2.10. The van der Waals surface area contributed by atoms with Crippen LogP contribution in [0.3, 0.4) is 0 Å². The van der Waals surface area contributed by atoms with E-state index in [4.69, 9.17) is 10.5 Å². The lowest BCUT2D eigenvalue weighted by molar-refractivity contribution is 0.295. The van der Waals surface area contributed by atoms with Crippen LogP contribution in [0.2, 0.25) is 0 Å². The topological polar surface area (TPSA) is 61.0 Å². The molecule has 0 aliphatic carbocycles. The van der Waals surface area contributed by atoms with Crippen molar-refractivity contribution in [3.05, 3.63) is 46.9 Å². The maximum absolute atomic E-state index is 5.68. The largest absolute Gasteiger partial charge is 0.486 e. The highest BCUT2D eigenvalue weighted by atomic mass is 16.5. The van der Waals surface area contributed by atoms with Gasteiger partial charge in [-0.05, 0) is 44.0 Å². The molecule has 94 valence electrons. The highest BCUT2D eigenvalue weighted by molar-refractivity contribution is 5.33. The summed E-state index contributed by atoms with van der Waals surface area (Å²) < 4.78 is 5.68. The van der Waals surface area contributed by atoms with E-state index in [0.717, 1.165) is 11.4 Å². The van der Waals surface area contributed by atoms with Gasteiger partial charge in [0.2, 0.25) is 0 Å². The van der Waals surface area contributed by atoms with Crippen LogP contribution in [0.1, 0.15) is 22.6 Å². The first-order valence-corrected chi connectivity index (χ1v) is 5.84. The summed E-state index contributed by atoms with van der Waals surface area (Å²) in [7, 11) is 0. The van der Waals surface area contributed by atoms with E-state index in [1.54, 1.807) is 6.07 Å². The van der Waals surface area contributed by atoms with Crippen molar-refractivity contribution < 1.29 is 4.74 Å². The molecule has 0 bridgehead atoms. The van der Waals surface area contributed by atoms with Crippen LogP contribution in [0.5, 0.6) is 5.75 Å². The van der Waals surface area contributed by atoms with Crippen molar-refractivity contribution in [1.82, 2.24) is 9.97 Å². The molecule has 0 radical (unpaired) electrons. The van der Waals surface area contributed by atoms with Crippen molar-refractivity contribution in [2.75, 3.05) is 5.73 Å². The molecular formula is C14H17N3O. The summed E-state index contributed by atoms with van der Waals surface area (Å²) in [6, 6.07) is 7.83. The molecule has 0 amide bonds. The average Bonchev–Trinajstić information content (AvgIpc) is 2.23. The van der Waals surface area contributed by atoms with Gasteiger partial charge in [0.25, 0.3) is 0 Å². The molecule has 4 heteroatoms. The summed E-state index contributed by atoms with van der Waals surface area (Å²) >= 11 is 0. The molecule has 2 aromatic rings. The van der Waals surface area contributed by atoms with Crippen LogP contribution in [0.25, 0.3) is 0 Å². The number of anilines is 1. The fraction of sp³-hybridized carbons (Fsp3) is 0.286. The predicted molar refractivity (Wildman–Crippen MR) is 71.4 cm³/mol. The van der Waals surface area contributed by atoms with E-state index in [1.807, 2.05) is 32.9 Å². The highest BCUT2D eigenvalue weighted by Crippen LogP contribution is 2.17. The minimum absolute atomic E-state index is 0.328. The maximum Gasteiger partial charge on any atom is 0.168 e. The van der Waals surface area contributed by atoms with E-state index in [1.165, 1.54) is 11.1 Å². The smallest absolute Gasteiger partial charge is 0.168 e. The Morgan fingerprint density at radius 2 is 1.67 bits per heavy atom. The molecule has 0 spiro atoms. The molecule has 0 saturated heterocycles. The van der Waals surface area contributed by atoms with Gasteiger partial charge >= 0.3 is 0 Å². The molecule has 0 aliphatic heterocycles. The summed E-state index contributed by atoms with van der Waals surface area (Å²) in [5.41, 5.74) is 8.87. The van der Waals surface area contributed by atoms with Gasteiger partial charge in [0, 0.05) is 11.8 Å². The van der Waals surface area contributed by atoms with E-state index in [0.29, 0.717) is 18.2 Å². The fourth-order valence-electron chi connectivity index (χ4n) is 1.88. The van der Waals surface area contributed by atoms with E-state index in [9.17, 15) is 0 Å². The molecule has 0 unspecified atom stereocenters. The highest BCUT2D eigenvalue weighted by Gasteiger charge is 2.02. The molecule has 1 aromatic heterocycles. The SMILES string of the molecule is Cc1cc(C)cc(OCc2nc(C)cc(N)n2)c1. The number of aromatic nitrogens is 2. The first-order valence-electron chi connectivity index (χ1n) is 5.84. The molecule has 0 fully saturated rings. The van der Waals surface area contributed by atoms with Crippen molar-refractivity contribution in [1.29, 1.82) is 0 Å². The van der Waals surface area contributed by atoms with Crippen LogP contribution in [0.4, 0.5) is 5.82 Å². The fourth-order valence-corrected chi connectivity index (χ4v) is 1.88. The second kappa shape index (κ2) is 5.04. The Labute approximate surface area is 107 Å². The lowest BCUT2D eigenvalue weighted by Gasteiger charge is -2.08. The van der Waals surface area contributed by atoms with Gasteiger partial charge in [0.05, 0.1) is 0 Å². The van der Waals surface area contributed by atoms with Crippen molar-refractivity contribution in [3.63, 3.8) is 0 Å². The van der Waals surface area contributed by atoms with Gasteiger partial charge in [-0.3, -0.25) is 0 Å². The summed E-state index contributed by atoms with van der Waals surface area (Å²) in [5.74, 6) is 1.91. The molecule has 2 rings (SSSR count). The first-order chi connectivity index (χ1) is 8.52. The number of ether oxygens (including phenoxy) is 1. The third kappa shape index (κ3) is 3.20. The minimum Gasteiger partial charge on any atom is -0.486 e. The molecule has 2 N–H and O–H groups in total. The number of hydrogen-bond acceptors (Lipinski definition) is 4. The zero-order valence-electron chi connectivity index (χ0n) is 10.9. The van der Waals surface area contributed by atoms with E-state index >= 15 is 0 Å². The Morgan fingerprint density at radius 3 is 2.28 bits per heavy atom. The van der Waals surface area contributed by atoms with E-state index < -0.39 is 0 Å². The van der Waals surface area contributed by atoms with Gasteiger partial charge in [-0.1, -0.05) is 6.07 Å². The monoisotopic (exact) mass is 243 g/mol. The van der Waals surface area contributed by atoms with Crippen LogP contribution in [0.15, 0.2) is 24.3 Å². The molecule has 4 nitrogen and oxygen atoms in total. The molecule has 1 aromatic carbocycles. The zero-order valence-corrected chi connectivity index (χ0v) is 10.9. The zero-order chi connectivity index (χ0) is 13.1. The third-order valence-corrected chi connectivity index (χ3v) is 2.48. The molecular weight excluding hydrogens is 226 g/mol. The van der Waals surface area contributed by atoms with Crippen LogP contribution < -0.4 is 10.5 Å². The second-order valence-electron chi connectivity index (χ2n) is 4.46. The molecule has 0 saturated carbocycles. The normalized spacial score (nSPS) is 10.4. The van der Waals surface area contributed by atoms with Gasteiger partial charge < -0.3 is 10.5 Å². The number of nitrogen functional groups attached to an aromatic ring is 1. The standard InChI is InChI=1S/C14H17N3O/c1-9-4-10(2)6-12(5-9)18-8-14-16-11(3)7-13(15)17-14/h4-7H,8H2,1-3H3,(H2,15,16,17). The van der Waals surface area contributed by atoms with Crippen LogP contribution >= 0.6 is 0 Å². The van der Waals surface area contributed by atoms with Gasteiger partial charge in [0.15, 0.2) is 5.82 Å². The summed E-state index contributed by atoms with van der Waals surface area (Å²) in [6.45, 7) is 6.30. The Kier molecular flexibility index (Phi) is 3.46. The summed E-state index contributed by atoms with van der Waals surface area (Å²) in [6.07, 6.45) is 0. The Morgan fingerprint density at radius 1 is 1.00 bits per heavy atom. The average molecular weight is 243 g/mol. The van der Waals surface area contributed by atoms with E-state index in [2.05, 4.69) is 16.0 Å². The number of hydrogen-bond donors (Lipinski definition) is 1. The lowest BCUT2D eigenvalue weighted by atomic mass is 10.1. The Bertz CT molecular complexity index is 475. The molecule has 0 aliphatic rings. The molecule has 18 heavy (non-hydrogen) atoms. The molecule has 1 heterocycles. The minimum atomic E-state index is 0.328. The first kappa shape index (κ1) is 12.4. The third-order valence-electron chi connectivity index (χ3n) is 2.48. The lowest BCUT2D eigenvalue weighted by Crippen LogP contribution is -2.05. The number of nitrogens with two attached hydrogens (primary N) is 1. The van der Waals surface area contributed by atoms with Crippen molar-refractivity contribution in [3.8, 4) is 5.75 Å². The van der Waals surface area contributed by atoms with Crippen LogP contribution in [-0.4, -0.2) is 9.97 Å². The van der Waals surface area contributed by atoms with E-state index in [-0.39, 0.29) is 0 Å². The Balaban J connectivity index is 2.11. The van der Waals surface area contributed by atoms with Gasteiger partial charge in [-0.15, -0.1) is 0 Å². The number of aryl methyl sites for hydroxylation is 3. The van der Waals surface area contributed by atoms with Crippen molar-refractivity contribution >= 4 is 5.82 Å². The number of benzene rings is 1. The maximum atomic E-state index is 5.68. The van der Waals surface area contributed by atoms with Gasteiger partial charge in [-0.2, -0.15) is 0 Å². The number of nitrogens with zero attached hydrogens (tertiary/aromatic N) is 2. The quantitative estimate of drug-likeness (QED) is 0.900. The van der Waals surface area contributed by atoms with Crippen LogP contribution in [0, 0.1) is 20.8 Å². The van der Waals surface area contributed by atoms with Crippen molar-refractivity contribution in [2.45, 2.75) is 27.4 Å². The van der Waals surface area contributed by atoms with Crippen molar-refractivity contribution in [2.24, 2.45) is 0 Å². The summed E-state index contributed by atoms with van der Waals surface area (Å²) in [4.78, 5) is 8.41. The second-order valence-corrected chi connectivity index (χ2v) is 4.46. The number of rotatable bonds is 3. The van der Waals surface area contributed by atoms with Gasteiger partial charge in [0.1, 0.15) is 18.2 Å².